The monoisotopic (exact) mass is 257 g/mol. The maximum Gasteiger partial charge on any atom is 0.256 e. The third kappa shape index (κ3) is 1.85. The van der Waals surface area contributed by atoms with Crippen LogP contribution in [0.15, 0.2) is 33.4 Å². The molecule has 0 aromatic heterocycles. The average Bonchev–Trinajstić information content (AvgIpc) is 2.81. The van der Waals surface area contributed by atoms with Gasteiger partial charge in [0.05, 0.1) is 5.69 Å². The fraction of sp³-hybridized carbons (Fsp3) is 0.308. The number of nitrogens with zero attached hydrogens (tertiary/aromatic N) is 4. The van der Waals surface area contributed by atoms with Crippen molar-refractivity contribution in [1.82, 2.24) is 10.4 Å². The van der Waals surface area contributed by atoms with Gasteiger partial charge in [-0.3, -0.25) is 0 Å². The molecule has 1 unspecified atom stereocenters. The van der Waals surface area contributed by atoms with E-state index in [9.17, 15) is 5.11 Å². The number of hydrogen-bond acceptors (Lipinski definition) is 5. The first-order chi connectivity index (χ1) is 9.06. The minimum atomic E-state index is -0.306. The van der Waals surface area contributed by atoms with Crippen molar-refractivity contribution in [3.05, 3.63) is 29.3 Å². The molecule has 0 amide bonds. The van der Waals surface area contributed by atoms with E-state index < -0.39 is 0 Å². The molecule has 6 nitrogen and oxygen atoms in total. The summed E-state index contributed by atoms with van der Waals surface area (Å²) in [5.41, 5.74) is 3.49. The van der Waals surface area contributed by atoms with E-state index in [4.69, 9.17) is 0 Å². The molecule has 98 valence electrons. The number of aliphatic hydroxyl groups excluding tert-OH is 1. The zero-order valence-electron chi connectivity index (χ0n) is 11.0. The predicted octanol–water partition coefficient (Wildman–Crippen LogP) is 1.83. The third-order valence-corrected chi connectivity index (χ3v) is 3.19. The Labute approximate surface area is 111 Å². The maximum absolute atomic E-state index is 9.89. The largest absolute Gasteiger partial charge is 0.491 e. The van der Waals surface area contributed by atoms with Crippen LogP contribution in [0.4, 0.5) is 5.69 Å². The lowest BCUT2D eigenvalue weighted by Gasteiger charge is -2.12. The Morgan fingerprint density at radius 2 is 1.89 bits per heavy atom. The van der Waals surface area contributed by atoms with E-state index in [0.717, 1.165) is 22.6 Å². The Morgan fingerprint density at radius 3 is 2.58 bits per heavy atom. The number of fused-ring (bicyclic) bond motifs is 1. The lowest BCUT2D eigenvalue weighted by molar-refractivity contribution is 0.293. The van der Waals surface area contributed by atoms with Gasteiger partial charge in [0.2, 0.25) is 0 Å². The summed E-state index contributed by atoms with van der Waals surface area (Å²) in [6.07, 6.45) is -0.306. The lowest BCUT2D eigenvalue weighted by Crippen LogP contribution is -2.40. The quantitative estimate of drug-likeness (QED) is 0.806. The van der Waals surface area contributed by atoms with Crippen molar-refractivity contribution in [2.75, 3.05) is 0 Å². The highest BCUT2D eigenvalue weighted by Crippen LogP contribution is 2.26. The van der Waals surface area contributed by atoms with E-state index in [0.29, 0.717) is 5.71 Å². The van der Waals surface area contributed by atoms with Gasteiger partial charge < -0.3 is 10.4 Å². The Morgan fingerprint density at radius 1 is 1.21 bits per heavy atom. The molecule has 3 rings (SSSR count). The normalized spacial score (nSPS) is 23.2. The van der Waals surface area contributed by atoms with Gasteiger partial charge in [-0.15, -0.1) is 15.3 Å². The maximum atomic E-state index is 9.89. The minimum absolute atomic E-state index is 0.0867. The predicted molar refractivity (Wildman–Crippen MR) is 74.9 cm³/mol. The molecule has 1 aromatic carbocycles. The average molecular weight is 257 g/mol. The van der Waals surface area contributed by atoms with Crippen molar-refractivity contribution < 1.29 is 5.11 Å². The van der Waals surface area contributed by atoms with Crippen LogP contribution in [0.1, 0.15) is 18.1 Å². The lowest BCUT2D eigenvalue weighted by atomic mass is 10.1. The van der Waals surface area contributed by atoms with E-state index in [1.807, 2.05) is 39.0 Å². The number of aryl methyl sites for hydroxylation is 2. The van der Waals surface area contributed by atoms with Crippen molar-refractivity contribution in [3.63, 3.8) is 0 Å². The topological polar surface area (TPSA) is 72.6 Å². The summed E-state index contributed by atoms with van der Waals surface area (Å²) < 4.78 is 0. The zero-order valence-corrected chi connectivity index (χ0v) is 11.0. The molecule has 0 saturated heterocycles. The second-order valence-electron chi connectivity index (χ2n) is 4.71. The van der Waals surface area contributed by atoms with Crippen molar-refractivity contribution in [2.45, 2.75) is 26.9 Å². The van der Waals surface area contributed by atoms with Crippen molar-refractivity contribution in [1.29, 1.82) is 0 Å². The molecule has 1 atom stereocenters. The van der Waals surface area contributed by atoms with Crippen LogP contribution in [-0.2, 0) is 0 Å². The van der Waals surface area contributed by atoms with Crippen LogP contribution >= 0.6 is 0 Å². The first kappa shape index (κ1) is 11.7. The van der Waals surface area contributed by atoms with Gasteiger partial charge in [-0.2, -0.15) is 0 Å². The fourth-order valence-electron chi connectivity index (χ4n) is 2.24. The van der Waals surface area contributed by atoms with E-state index in [-0.39, 0.29) is 12.1 Å². The van der Waals surface area contributed by atoms with Crippen LogP contribution in [0, 0.1) is 13.8 Å². The van der Waals surface area contributed by atoms with E-state index >= 15 is 0 Å². The molecule has 0 aliphatic carbocycles. The fourth-order valence-corrected chi connectivity index (χ4v) is 2.24. The number of benzene rings is 1. The molecule has 0 fully saturated rings. The molecule has 0 spiro atoms. The number of nitrogens with one attached hydrogen (secondary N) is 1. The first-order valence-corrected chi connectivity index (χ1v) is 6.10. The van der Waals surface area contributed by atoms with Crippen molar-refractivity contribution in [3.8, 4) is 0 Å². The van der Waals surface area contributed by atoms with Crippen LogP contribution in [-0.4, -0.2) is 33.8 Å². The Kier molecular flexibility index (Phi) is 2.51. The van der Waals surface area contributed by atoms with Gasteiger partial charge in [0, 0.05) is 0 Å². The standard InChI is InChI=1S/C13H15N5O/c1-7-5-4-6-8(2)10(7)15-11-12-14-9(3)16-18(12)17-13(11)19/h4-6,12H,1-3H3,(H,14,16)(H,17,19)/b15-11-. The highest BCUT2D eigenvalue weighted by atomic mass is 16.3. The van der Waals surface area contributed by atoms with E-state index in [1.54, 1.807) is 0 Å². The highest BCUT2D eigenvalue weighted by Gasteiger charge is 2.38. The van der Waals surface area contributed by atoms with Gasteiger partial charge in [-0.1, -0.05) is 18.2 Å². The van der Waals surface area contributed by atoms with Crippen LogP contribution in [0.25, 0.3) is 0 Å². The molecule has 2 aliphatic rings. The summed E-state index contributed by atoms with van der Waals surface area (Å²) in [5, 5.41) is 22.6. The Bertz CT molecular complexity index is 612. The SMILES string of the molecule is CC1=NN2N=C(O)/C(=N\c3c(C)cccc3C)C2N1. The van der Waals surface area contributed by atoms with Gasteiger partial charge in [-0.25, -0.2) is 4.99 Å². The van der Waals surface area contributed by atoms with Gasteiger partial charge in [0.1, 0.15) is 5.84 Å². The Hall–Kier alpha value is -2.37. The molecule has 0 saturated carbocycles. The number of para-hydroxylation sites is 1. The van der Waals surface area contributed by atoms with Crippen molar-refractivity contribution in [2.24, 2.45) is 15.2 Å². The number of hydrazone groups is 2. The molecular weight excluding hydrogens is 242 g/mol. The molecule has 2 N–H and O–H groups in total. The van der Waals surface area contributed by atoms with Crippen LogP contribution < -0.4 is 5.32 Å². The smallest absolute Gasteiger partial charge is 0.256 e. The van der Waals surface area contributed by atoms with Crippen molar-refractivity contribution >= 4 is 23.1 Å². The van der Waals surface area contributed by atoms with Gasteiger partial charge in [0.25, 0.3) is 5.90 Å². The summed E-state index contributed by atoms with van der Waals surface area (Å²) in [5.74, 6) is 0.673. The summed E-state index contributed by atoms with van der Waals surface area (Å²) in [4.78, 5) is 4.57. The van der Waals surface area contributed by atoms with Crippen LogP contribution in [0.5, 0.6) is 0 Å². The van der Waals surface area contributed by atoms with Gasteiger partial charge >= 0.3 is 0 Å². The number of aliphatic imine (C=N–C) groups is 1. The first-order valence-electron chi connectivity index (χ1n) is 6.10. The second-order valence-corrected chi connectivity index (χ2v) is 4.71. The molecule has 2 aliphatic heterocycles. The van der Waals surface area contributed by atoms with E-state index in [1.165, 1.54) is 5.12 Å². The third-order valence-electron chi connectivity index (χ3n) is 3.19. The zero-order chi connectivity index (χ0) is 13.6. The molecule has 1 aromatic rings. The summed E-state index contributed by atoms with van der Waals surface area (Å²) in [6, 6.07) is 5.98. The number of hydrogen-bond donors (Lipinski definition) is 2. The Balaban J connectivity index is 2.03. The van der Waals surface area contributed by atoms with E-state index in [2.05, 4.69) is 20.5 Å². The molecule has 6 heteroatoms. The summed E-state index contributed by atoms with van der Waals surface area (Å²) in [6.45, 7) is 5.84. The molecule has 19 heavy (non-hydrogen) atoms. The number of aliphatic hydroxyl groups is 1. The minimum Gasteiger partial charge on any atom is -0.491 e. The molecular formula is C13H15N5O. The second kappa shape index (κ2) is 4.08. The van der Waals surface area contributed by atoms with Gasteiger partial charge in [0.15, 0.2) is 11.9 Å². The molecule has 0 radical (unpaired) electrons. The molecule has 0 bridgehead atoms. The summed E-state index contributed by atoms with van der Waals surface area (Å²) >= 11 is 0. The van der Waals surface area contributed by atoms with Crippen LogP contribution in [0.2, 0.25) is 0 Å². The van der Waals surface area contributed by atoms with Gasteiger partial charge in [-0.05, 0) is 31.9 Å². The number of rotatable bonds is 1. The van der Waals surface area contributed by atoms with Crippen LogP contribution in [0.3, 0.4) is 0 Å². The highest BCUT2D eigenvalue weighted by molar-refractivity contribution is 6.42. The summed E-state index contributed by atoms with van der Waals surface area (Å²) in [7, 11) is 0. The molecule has 2 heterocycles. The number of amidine groups is 1.